The predicted molar refractivity (Wildman–Crippen MR) is 51.6 cm³/mol. The number of rotatable bonds is 4. The maximum atomic E-state index is 12.8. The van der Waals surface area contributed by atoms with Crippen LogP contribution in [-0.4, -0.2) is 11.7 Å². The third-order valence-corrected chi connectivity index (χ3v) is 2.11. The van der Waals surface area contributed by atoms with Crippen LogP contribution in [0.5, 0.6) is 0 Å². The molecule has 0 spiro atoms. The summed E-state index contributed by atoms with van der Waals surface area (Å²) in [6, 6.07) is 8.33. The van der Waals surface area contributed by atoms with Gasteiger partial charge in [0.15, 0.2) is 0 Å². The van der Waals surface area contributed by atoms with E-state index >= 15 is 0 Å². The Kier molecular flexibility index (Phi) is 3.99. The highest BCUT2D eigenvalue weighted by molar-refractivity contribution is 6.20. The summed E-state index contributed by atoms with van der Waals surface area (Å²) in [5.74, 6) is 0. The minimum absolute atomic E-state index is 0.537. The maximum Gasteiger partial charge on any atom is 0.401 e. The summed E-state index contributed by atoms with van der Waals surface area (Å²) in [6.07, 6.45) is -4.89. The molecule has 0 amide bonds. The van der Waals surface area contributed by atoms with E-state index in [1.54, 1.807) is 30.3 Å². The smallest absolute Gasteiger partial charge is 0.309 e. The van der Waals surface area contributed by atoms with Gasteiger partial charge in [0.1, 0.15) is 0 Å². The highest BCUT2D eigenvalue weighted by Crippen LogP contribution is 2.32. The van der Waals surface area contributed by atoms with Gasteiger partial charge in [0.05, 0.1) is 6.10 Å². The molecule has 0 saturated heterocycles. The molecule has 15 heavy (non-hydrogen) atoms. The molecule has 0 aromatic heterocycles. The van der Waals surface area contributed by atoms with Crippen LogP contribution in [-0.2, 0) is 4.74 Å². The van der Waals surface area contributed by atoms with Crippen LogP contribution in [0.15, 0.2) is 30.3 Å². The summed E-state index contributed by atoms with van der Waals surface area (Å²) in [5.41, 5.74) is -2.31. The van der Waals surface area contributed by atoms with Crippen molar-refractivity contribution in [1.82, 2.24) is 0 Å². The molecule has 0 aliphatic carbocycles. The van der Waals surface area contributed by atoms with Gasteiger partial charge in [0.2, 0.25) is 0 Å². The Hall–Kier alpha value is -0.740. The lowest BCUT2D eigenvalue weighted by atomic mass is 10.1. The van der Waals surface area contributed by atoms with Crippen LogP contribution in [0, 0.1) is 0 Å². The van der Waals surface area contributed by atoms with E-state index in [1.165, 1.54) is 6.92 Å². The van der Waals surface area contributed by atoms with Crippen molar-refractivity contribution < 1.29 is 17.9 Å². The lowest BCUT2D eigenvalue weighted by Crippen LogP contribution is -2.30. The minimum Gasteiger partial charge on any atom is -0.309 e. The fourth-order valence-corrected chi connectivity index (χ4v) is 1.13. The summed E-state index contributed by atoms with van der Waals surface area (Å²) >= 11 is 4.66. The van der Waals surface area contributed by atoms with Gasteiger partial charge in [0, 0.05) is 0 Å². The van der Waals surface area contributed by atoms with Gasteiger partial charge in [0.25, 0.3) is 5.63 Å². The molecular formula is C10H10ClF3O. The molecule has 2 atom stereocenters. The predicted octanol–water partition coefficient (Wildman–Crippen LogP) is 3.89. The highest BCUT2D eigenvalue weighted by atomic mass is 35.5. The van der Waals surface area contributed by atoms with Crippen molar-refractivity contribution >= 4 is 11.6 Å². The second-order valence-electron chi connectivity index (χ2n) is 3.03. The largest absolute Gasteiger partial charge is 0.401 e. The Morgan fingerprint density at radius 1 is 1.27 bits per heavy atom. The van der Waals surface area contributed by atoms with E-state index in [9.17, 15) is 13.2 Å². The number of halogens is 4. The quantitative estimate of drug-likeness (QED) is 0.723. The minimum atomic E-state index is -3.98. The topological polar surface area (TPSA) is 9.23 Å². The molecule has 0 N–H and O–H groups in total. The fraction of sp³-hybridized carbons (Fsp3) is 0.400. The summed E-state index contributed by atoms with van der Waals surface area (Å²) in [7, 11) is 0. The van der Waals surface area contributed by atoms with E-state index in [4.69, 9.17) is 0 Å². The van der Waals surface area contributed by atoms with Gasteiger partial charge >= 0.3 is 6.11 Å². The molecule has 1 rings (SSSR count). The Bertz CT molecular complexity index is 303. The summed E-state index contributed by atoms with van der Waals surface area (Å²) in [5, 5.41) is 0. The fourth-order valence-electron chi connectivity index (χ4n) is 1.08. The Balaban J connectivity index is 2.68. The molecule has 0 bridgehead atoms. The first-order valence-electron chi connectivity index (χ1n) is 4.32. The molecule has 0 saturated carbocycles. The molecule has 0 aliphatic rings. The van der Waals surface area contributed by atoms with E-state index in [0.29, 0.717) is 5.56 Å². The molecule has 0 radical (unpaired) electrons. The Morgan fingerprint density at radius 3 is 2.27 bits per heavy atom. The number of ether oxygens (including phenoxy) is 1. The molecule has 0 aliphatic heterocycles. The van der Waals surface area contributed by atoms with Gasteiger partial charge in [-0.1, -0.05) is 41.9 Å². The van der Waals surface area contributed by atoms with Crippen LogP contribution < -0.4 is 0 Å². The Morgan fingerprint density at radius 2 is 1.80 bits per heavy atom. The third kappa shape index (κ3) is 3.39. The van der Waals surface area contributed by atoms with Crippen LogP contribution in [0.25, 0.3) is 0 Å². The van der Waals surface area contributed by atoms with E-state index in [2.05, 4.69) is 16.3 Å². The maximum absolute atomic E-state index is 12.8. The average Bonchev–Trinajstić information content (AvgIpc) is 2.18. The second kappa shape index (κ2) is 4.86. The lowest BCUT2D eigenvalue weighted by molar-refractivity contribution is -0.278. The van der Waals surface area contributed by atoms with E-state index in [-0.39, 0.29) is 0 Å². The summed E-state index contributed by atoms with van der Waals surface area (Å²) in [4.78, 5) is 0. The van der Waals surface area contributed by atoms with Crippen LogP contribution in [0.1, 0.15) is 18.6 Å². The average molecular weight is 239 g/mol. The zero-order chi connectivity index (χ0) is 11.5. The monoisotopic (exact) mass is 238 g/mol. The lowest BCUT2D eigenvalue weighted by Gasteiger charge is -2.21. The van der Waals surface area contributed by atoms with Crippen molar-refractivity contribution in [3.63, 3.8) is 0 Å². The molecule has 1 aromatic carbocycles. The van der Waals surface area contributed by atoms with Gasteiger partial charge in [-0.3, -0.25) is 0 Å². The molecule has 1 nitrogen and oxygen atoms in total. The van der Waals surface area contributed by atoms with Crippen molar-refractivity contribution in [2.75, 3.05) is 0 Å². The summed E-state index contributed by atoms with van der Waals surface area (Å²) < 4.78 is 42.0. The van der Waals surface area contributed by atoms with E-state index in [1.807, 2.05) is 0 Å². The van der Waals surface area contributed by atoms with Gasteiger partial charge in [-0.25, -0.2) is 4.39 Å². The van der Waals surface area contributed by atoms with Crippen LogP contribution in [0.4, 0.5) is 13.2 Å². The van der Waals surface area contributed by atoms with Gasteiger partial charge in [-0.05, 0) is 12.5 Å². The molecule has 2 unspecified atom stereocenters. The number of benzene rings is 1. The van der Waals surface area contributed by atoms with Gasteiger partial charge in [-0.2, -0.15) is 8.78 Å². The van der Waals surface area contributed by atoms with Gasteiger partial charge < -0.3 is 4.74 Å². The van der Waals surface area contributed by atoms with Crippen molar-refractivity contribution in [2.45, 2.75) is 24.8 Å². The normalized spacial score (nSPS) is 16.1. The zero-order valence-corrected chi connectivity index (χ0v) is 8.72. The first-order valence-corrected chi connectivity index (χ1v) is 4.76. The van der Waals surface area contributed by atoms with Crippen molar-refractivity contribution in [1.29, 1.82) is 0 Å². The van der Waals surface area contributed by atoms with Crippen LogP contribution >= 0.6 is 11.6 Å². The molecule has 0 heterocycles. The SMILES string of the molecule is CC(OC(F)(F)C(F)Cl)c1ccccc1. The second-order valence-corrected chi connectivity index (χ2v) is 3.42. The number of alkyl halides is 4. The highest BCUT2D eigenvalue weighted by Gasteiger charge is 2.42. The third-order valence-electron chi connectivity index (χ3n) is 1.86. The zero-order valence-electron chi connectivity index (χ0n) is 7.96. The Labute approximate surface area is 90.8 Å². The van der Waals surface area contributed by atoms with Crippen molar-refractivity contribution in [3.8, 4) is 0 Å². The molecule has 84 valence electrons. The van der Waals surface area contributed by atoms with Crippen molar-refractivity contribution in [3.05, 3.63) is 35.9 Å². The van der Waals surface area contributed by atoms with Crippen molar-refractivity contribution in [2.24, 2.45) is 0 Å². The number of hydrogen-bond acceptors (Lipinski definition) is 1. The summed E-state index contributed by atoms with van der Waals surface area (Å²) in [6.45, 7) is 1.41. The molecule has 1 aromatic rings. The van der Waals surface area contributed by atoms with E-state index < -0.39 is 17.8 Å². The number of hydrogen-bond donors (Lipinski definition) is 0. The van der Waals surface area contributed by atoms with Gasteiger partial charge in [-0.15, -0.1) is 0 Å². The van der Waals surface area contributed by atoms with Crippen LogP contribution in [0.2, 0.25) is 0 Å². The van der Waals surface area contributed by atoms with E-state index in [0.717, 1.165) is 0 Å². The van der Waals surface area contributed by atoms with Crippen LogP contribution in [0.3, 0.4) is 0 Å². The molecular weight excluding hydrogens is 229 g/mol. The first kappa shape index (κ1) is 12.3. The standard InChI is InChI=1S/C10H10ClF3O/c1-7(8-5-3-2-4-6-8)15-10(13,14)9(11)12/h2-7,9H,1H3. The molecule has 5 heteroatoms. The first-order chi connectivity index (χ1) is 6.93. The molecule has 0 fully saturated rings.